The molecule has 3 N–H and O–H groups in total. The minimum Gasteiger partial charge on any atom is -0.389 e. The Balaban J connectivity index is 2.24. The third-order valence-electron chi connectivity index (χ3n) is 3.63. The van der Waals surface area contributed by atoms with Gasteiger partial charge in [0.25, 0.3) is 5.56 Å². The molecule has 0 saturated heterocycles. The Kier molecular flexibility index (Phi) is 5.28. The Hall–Kier alpha value is -2.47. The van der Waals surface area contributed by atoms with Crippen molar-refractivity contribution in [2.45, 2.75) is 26.3 Å². The second kappa shape index (κ2) is 7.19. The summed E-state index contributed by atoms with van der Waals surface area (Å²) in [6.45, 7) is 3.69. The quantitative estimate of drug-likeness (QED) is 0.826. The van der Waals surface area contributed by atoms with Crippen LogP contribution >= 0.6 is 12.2 Å². The molecule has 0 saturated carbocycles. The van der Waals surface area contributed by atoms with Crippen LogP contribution in [0.2, 0.25) is 0 Å². The van der Waals surface area contributed by atoms with Crippen molar-refractivity contribution in [3.05, 3.63) is 64.1 Å². The van der Waals surface area contributed by atoms with Crippen LogP contribution in [-0.4, -0.2) is 15.5 Å². The van der Waals surface area contributed by atoms with Gasteiger partial charge in [0.05, 0.1) is 0 Å². The lowest BCUT2D eigenvalue weighted by Crippen LogP contribution is -2.33. The zero-order chi connectivity index (χ0) is 17.0. The third-order valence-corrected chi connectivity index (χ3v) is 3.87. The van der Waals surface area contributed by atoms with Crippen LogP contribution in [0.4, 0.5) is 5.69 Å². The van der Waals surface area contributed by atoms with E-state index < -0.39 is 6.04 Å². The Morgan fingerprint density at radius 3 is 2.43 bits per heavy atom. The Morgan fingerprint density at radius 1 is 1.26 bits per heavy atom. The van der Waals surface area contributed by atoms with E-state index >= 15 is 0 Å². The zero-order valence-electron chi connectivity index (χ0n) is 13.1. The molecule has 0 fully saturated rings. The molecule has 1 unspecified atom stereocenters. The summed E-state index contributed by atoms with van der Waals surface area (Å²) < 4.78 is 1.51. The Bertz CT molecular complexity index is 781. The van der Waals surface area contributed by atoms with Crippen LogP contribution in [0, 0.1) is 6.92 Å². The smallest absolute Gasteiger partial charge is 0.251 e. The van der Waals surface area contributed by atoms with Gasteiger partial charge in [0.1, 0.15) is 11.0 Å². The molecule has 1 atom stereocenters. The number of rotatable bonds is 5. The van der Waals surface area contributed by atoms with Gasteiger partial charge in [0.15, 0.2) is 0 Å². The predicted octanol–water partition coefficient (Wildman–Crippen LogP) is 2.38. The number of benzene rings is 1. The van der Waals surface area contributed by atoms with Gasteiger partial charge in [-0.05, 0) is 43.7 Å². The molecule has 120 valence electrons. The van der Waals surface area contributed by atoms with Crippen LogP contribution in [0.25, 0.3) is 0 Å². The second-order valence-electron chi connectivity index (χ2n) is 5.23. The van der Waals surface area contributed by atoms with Gasteiger partial charge in [-0.2, -0.15) is 0 Å². The number of hydrogen-bond donors (Lipinski definition) is 2. The number of nitrogens with one attached hydrogen (secondary N) is 1. The molecule has 5 nitrogen and oxygen atoms in total. The van der Waals surface area contributed by atoms with Crippen molar-refractivity contribution in [2.24, 2.45) is 5.73 Å². The van der Waals surface area contributed by atoms with Crippen molar-refractivity contribution in [1.82, 2.24) is 4.57 Å². The predicted molar refractivity (Wildman–Crippen MR) is 95.7 cm³/mol. The van der Waals surface area contributed by atoms with Gasteiger partial charge in [0, 0.05) is 23.0 Å². The lowest BCUT2D eigenvalue weighted by molar-refractivity contribution is -0.119. The second-order valence-corrected chi connectivity index (χ2v) is 5.67. The third kappa shape index (κ3) is 3.84. The normalized spacial score (nSPS) is 11.7. The summed E-state index contributed by atoms with van der Waals surface area (Å²) in [5.74, 6) is -0.230. The van der Waals surface area contributed by atoms with Gasteiger partial charge < -0.3 is 15.6 Å². The van der Waals surface area contributed by atoms with Gasteiger partial charge in [-0.1, -0.05) is 25.2 Å². The number of amides is 1. The summed E-state index contributed by atoms with van der Waals surface area (Å²) in [7, 11) is 0. The van der Waals surface area contributed by atoms with E-state index in [2.05, 4.69) is 5.32 Å². The number of nitrogens with zero attached hydrogens (tertiary/aromatic N) is 1. The molecule has 2 aromatic rings. The summed E-state index contributed by atoms with van der Waals surface area (Å²) in [6, 6.07) is 11.4. The first-order chi connectivity index (χ1) is 10.9. The molecule has 0 aliphatic rings. The van der Waals surface area contributed by atoms with Crippen molar-refractivity contribution in [1.29, 1.82) is 0 Å². The van der Waals surface area contributed by atoms with Gasteiger partial charge in [-0.25, -0.2) is 0 Å². The van der Waals surface area contributed by atoms with E-state index in [0.29, 0.717) is 17.1 Å². The highest BCUT2D eigenvalue weighted by Gasteiger charge is 2.20. The maximum Gasteiger partial charge on any atom is 0.251 e. The monoisotopic (exact) mass is 329 g/mol. The van der Waals surface area contributed by atoms with Gasteiger partial charge in [-0.3, -0.25) is 9.59 Å². The van der Waals surface area contributed by atoms with Crippen molar-refractivity contribution < 1.29 is 4.79 Å². The number of carbonyl (C=O) groups excluding carboxylic acids is 1. The van der Waals surface area contributed by atoms with Gasteiger partial charge in [-0.15, -0.1) is 0 Å². The number of thiocarbonyl (C=S) groups is 1. The first-order valence-electron chi connectivity index (χ1n) is 7.33. The largest absolute Gasteiger partial charge is 0.389 e. The zero-order valence-corrected chi connectivity index (χ0v) is 13.9. The van der Waals surface area contributed by atoms with E-state index in [0.717, 1.165) is 11.3 Å². The number of pyridine rings is 1. The molecule has 1 heterocycles. The number of aryl methyl sites for hydroxylation is 1. The van der Waals surface area contributed by atoms with Gasteiger partial charge >= 0.3 is 0 Å². The van der Waals surface area contributed by atoms with E-state index in [9.17, 15) is 9.59 Å². The molecule has 23 heavy (non-hydrogen) atoms. The standard InChI is InChI=1S/C17H19N3O2S/c1-3-14(20-11(2)5-4-6-15(20)21)17(22)19-13-9-7-12(8-10-13)16(18)23/h4-10,14H,3H2,1-2H3,(H2,18,23)(H,19,22). The van der Waals surface area contributed by atoms with E-state index in [-0.39, 0.29) is 11.5 Å². The lowest BCUT2D eigenvalue weighted by Gasteiger charge is -2.20. The summed E-state index contributed by atoms with van der Waals surface area (Å²) >= 11 is 4.90. The number of hydrogen-bond acceptors (Lipinski definition) is 3. The van der Waals surface area contributed by atoms with Crippen LogP contribution in [0.15, 0.2) is 47.3 Å². The maximum absolute atomic E-state index is 12.5. The molecule has 1 amide bonds. The van der Waals surface area contributed by atoms with Crippen LogP contribution in [-0.2, 0) is 4.79 Å². The van der Waals surface area contributed by atoms with Crippen LogP contribution < -0.4 is 16.6 Å². The van der Waals surface area contributed by atoms with Crippen molar-refractivity contribution in [2.75, 3.05) is 5.32 Å². The molecule has 0 aliphatic heterocycles. The SMILES string of the molecule is CCC(C(=O)Nc1ccc(C(N)=S)cc1)n1c(C)cccc1=O. The van der Waals surface area contributed by atoms with Gasteiger partial charge in [0.2, 0.25) is 5.91 Å². The molecule has 1 aromatic heterocycles. The van der Waals surface area contributed by atoms with Crippen LogP contribution in [0.5, 0.6) is 0 Å². The van der Waals surface area contributed by atoms with E-state index in [1.54, 1.807) is 30.3 Å². The highest BCUT2D eigenvalue weighted by molar-refractivity contribution is 7.80. The molecule has 0 spiro atoms. The van der Waals surface area contributed by atoms with Crippen molar-refractivity contribution in [3.63, 3.8) is 0 Å². The molecular formula is C17H19N3O2S. The summed E-state index contributed by atoms with van der Waals surface area (Å²) in [5, 5.41) is 2.83. The molecule has 0 aliphatic carbocycles. The first kappa shape index (κ1) is 16.9. The Labute approximate surface area is 140 Å². The summed E-state index contributed by atoms with van der Waals surface area (Å²) in [6.07, 6.45) is 0.515. The first-order valence-corrected chi connectivity index (χ1v) is 7.73. The molecular weight excluding hydrogens is 310 g/mol. The van der Waals surface area contributed by atoms with E-state index in [4.69, 9.17) is 18.0 Å². The summed E-state index contributed by atoms with van der Waals surface area (Å²) in [5.41, 5.74) is 7.49. The highest BCUT2D eigenvalue weighted by Crippen LogP contribution is 2.16. The van der Waals surface area contributed by atoms with E-state index in [1.807, 2.05) is 19.9 Å². The number of anilines is 1. The van der Waals surface area contributed by atoms with Crippen molar-refractivity contribution in [3.8, 4) is 0 Å². The fourth-order valence-electron chi connectivity index (χ4n) is 2.43. The number of aromatic nitrogens is 1. The summed E-state index contributed by atoms with van der Waals surface area (Å²) in [4.78, 5) is 24.9. The number of nitrogens with two attached hydrogens (primary N) is 1. The van der Waals surface area contributed by atoms with E-state index in [1.165, 1.54) is 10.6 Å². The molecule has 6 heteroatoms. The van der Waals surface area contributed by atoms with Crippen LogP contribution in [0.3, 0.4) is 0 Å². The minimum absolute atomic E-state index is 0.184. The lowest BCUT2D eigenvalue weighted by atomic mass is 10.1. The highest BCUT2D eigenvalue weighted by atomic mass is 32.1. The minimum atomic E-state index is -0.557. The molecule has 0 radical (unpaired) electrons. The fraction of sp³-hybridized carbons (Fsp3) is 0.235. The molecule has 1 aromatic carbocycles. The number of carbonyl (C=O) groups is 1. The molecule has 0 bridgehead atoms. The molecule has 2 rings (SSSR count). The fourth-order valence-corrected chi connectivity index (χ4v) is 2.57. The van der Waals surface area contributed by atoms with Crippen LogP contribution in [0.1, 0.15) is 30.6 Å². The topological polar surface area (TPSA) is 77.1 Å². The average Bonchev–Trinajstić information content (AvgIpc) is 2.51. The average molecular weight is 329 g/mol. The maximum atomic E-state index is 12.5. The Morgan fingerprint density at radius 2 is 1.91 bits per heavy atom. The van der Waals surface area contributed by atoms with Crippen molar-refractivity contribution >= 4 is 28.8 Å².